The van der Waals surface area contributed by atoms with Crippen molar-refractivity contribution in [2.45, 2.75) is 5.81 Å². The molecule has 0 aliphatic rings. The standard InChI is InChI=1S/C16H12BFN6O2/c17-16(25,26)24-7-12(14(22-24)9-1-3-10(18)4-2-9)11-5-6-20-23-8-13(19)21-15(11)23/h1-8,25-26H,19H2. The number of benzene rings is 1. The van der Waals surface area contributed by atoms with Crippen molar-refractivity contribution in [3.05, 3.63) is 54.7 Å². The van der Waals surface area contributed by atoms with E-state index >= 15 is 0 Å². The molecule has 1 aromatic carbocycles. The van der Waals surface area contributed by atoms with Gasteiger partial charge in [0, 0.05) is 29.1 Å². The number of imidazole rings is 1. The quantitative estimate of drug-likeness (QED) is 0.370. The van der Waals surface area contributed by atoms with E-state index in [2.05, 4.69) is 15.2 Å². The van der Waals surface area contributed by atoms with Crippen LogP contribution in [0.3, 0.4) is 0 Å². The van der Waals surface area contributed by atoms with Gasteiger partial charge in [-0.25, -0.2) is 18.6 Å². The Morgan fingerprint density at radius 2 is 1.81 bits per heavy atom. The molecule has 0 bridgehead atoms. The van der Waals surface area contributed by atoms with Crippen molar-refractivity contribution in [2.24, 2.45) is 0 Å². The predicted molar refractivity (Wildman–Crippen MR) is 92.2 cm³/mol. The van der Waals surface area contributed by atoms with Crippen molar-refractivity contribution in [1.82, 2.24) is 24.4 Å². The Balaban J connectivity index is 2.00. The lowest BCUT2D eigenvalue weighted by Gasteiger charge is -2.16. The van der Waals surface area contributed by atoms with E-state index in [1.165, 1.54) is 35.0 Å². The third-order valence-electron chi connectivity index (χ3n) is 3.84. The molecule has 0 spiro atoms. The van der Waals surface area contributed by atoms with Gasteiger partial charge < -0.3 is 15.9 Å². The number of hydrogen-bond acceptors (Lipinski definition) is 6. The largest absolute Gasteiger partial charge is 0.382 e. The van der Waals surface area contributed by atoms with Gasteiger partial charge in [0.05, 0.1) is 6.20 Å². The van der Waals surface area contributed by atoms with Crippen molar-refractivity contribution in [3.63, 3.8) is 0 Å². The summed E-state index contributed by atoms with van der Waals surface area (Å²) in [4.78, 5) is 4.23. The van der Waals surface area contributed by atoms with Gasteiger partial charge in [0.15, 0.2) is 13.5 Å². The van der Waals surface area contributed by atoms with Crippen LogP contribution >= 0.6 is 0 Å². The molecule has 8 nitrogen and oxygen atoms in total. The van der Waals surface area contributed by atoms with E-state index in [0.717, 1.165) is 4.68 Å². The van der Waals surface area contributed by atoms with Gasteiger partial charge >= 0.3 is 0 Å². The number of fused-ring (bicyclic) bond motifs is 1. The van der Waals surface area contributed by atoms with E-state index < -0.39 is 11.6 Å². The third kappa shape index (κ3) is 2.70. The highest BCUT2D eigenvalue weighted by Gasteiger charge is 2.24. The molecule has 0 aliphatic heterocycles. The van der Waals surface area contributed by atoms with E-state index in [4.69, 9.17) is 13.6 Å². The van der Waals surface area contributed by atoms with E-state index in [-0.39, 0.29) is 5.82 Å². The molecule has 26 heavy (non-hydrogen) atoms. The molecule has 4 aromatic rings. The summed E-state index contributed by atoms with van der Waals surface area (Å²) in [5, 5.41) is 27.7. The molecule has 128 valence electrons. The fourth-order valence-corrected chi connectivity index (χ4v) is 2.69. The minimum atomic E-state index is -2.70. The van der Waals surface area contributed by atoms with Gasteiger partial charge in [0.25, 0.3) is 0 Å². The SMILES string of the molecule is [B]C(O)(O)n1cc(-c2ccnn3cc(N)nc23)c(-c2ccc(F)cc2)n1. The maximum Gasteiger partial charge on any atom is 0.208 e. The normalized spacial score (nSPS) is 12.0. The molecule has 0 unspecified atom stereocenters. The van der Waals surface area contributed by atoms with Crippen LogP contribution in [0.2, 0.25) is 0 Å². The molecule has 10 heteroatoms. The van der Waals surface area contributed by atoms with Crippen molar-refractivity contribution in [1.29, 1.82) is 0 Å². The average Bonchev–Trinajstić information content (AvgIpc) is 3.17. The number of nitrogens with zero attached hydrogens (tertiary/aromatic N) is 5. The number of anilines is 1. The van der Waals surface area contributed by atoms with Crippen LogP contribution in [0.5, 0.6) is 0 Å². The second kappa shape index (κ2) is 5.65. The van der Waals surface area contributed by atoms with Crippen LogP contribution in [-0.4, -0.2) is 42.4 Å². The Kier molecular flexibility index (Phi) is 3.53. The summed E-state index contributed by atoms with van der Waals surface area (Å²) in [6.07, 6.45) is 4.45. The van der Waals surface area contributed by atoms with Crippen LogP contribution in [0.25, 0.3) is 28.0 Å². The second-order valence-corrected chi connectivity index (χ2v) is 5.71. The molecule has 0 amide bonds. The minimum absolute atomic E-state index is 0.276. The van der Waals surface area contributed by atoms with Crippen molar-refractivity contribution in [3.8, 4) is 22.4 Å². The Hall–Kier alpha value is -3.24. The molecule has 0 saturated carbocycles. The van der Waals surface area contributed by atoms with Crippen LogP contribution in [0, 0.1) is 5.82 Å². The number of aliphatic hydroxyl groups is 2. The van der Waals surface area contributed by atoms with Gasteiger partial charge in [-0.05, 0) is 30.3 Å². The maximum atomic E-state index is 13.3. The van der Waals surface area contributed by atoms with Crippen LogP contribution in [-0.2, 0) is 5.81 Å². The van der Waals surface area contributed by atoms with E-state index in [0.29, 0.717) is 28.0 Å². The number of nitrogen functional groups attached to an aromatic ring is 1. The molecule has 4 N–H and O–H groups in total. The van der Waals surface area contributed by atoms with Gasteiger partial charge in [-0.15, -0.1) is 0 Å². The van der Waals surface area contributed by atoms with E-state index in [9.17, 15) is 14.6 Å². The van der Waals surface area contributed by atoms with Crippen LogP contribution in [0.1, 0.15) is 0 Å². The molecule has 0 aliphatic carbocycles. The zero-order chi connectivity index (χ0) is 18.5. The topological polar surface area (TPSA) is 114 Å². The van der Waals surface area contributed by atoms with Crippen LogP contribution < -0.4 is 5.73 Å². The van der Waals surface area contributed by atoms with Crippen molar-refractivity contribution in [2.75, 3.05) is 5.73 Å². The fourth-order valence-electron chi connectivity index (χ4n) is 2.69. The lowest BCUT2D eigenvalue weighted by Crippen LogP contribution is -2.33. The summed E-state index contributed by atoms with van der Waals surface area (Å²) >= 11 is 0. The zero-order valence-electron chi connectivity index (χ0n) is 13.3. The molecule has 3 heterocycles. The van der Waals surface area contributed by atoms with Gasteiger partial charge in [0.1, 0.15) is 17.3 Å². The first kappa shape index (κ1) is 16.2. The summed E-state index contributed by atoms with van der Waals surface area (Å²) < 4.78 is 15.6. The molecule has 3 aromatic heterocycles. The summed E-state index contributed by atoms with van der Waals surface area (Å²) in [6.45, 7) is 0. The molecular weight excluding hydrogens is 338 g/mol. The second-order valence-electron chi connectivity index (χ2n) is 5.71. The number of rotatable bonds is 3. The van der Waals surface area contributed by atoms with Crippen LogP contribution in [0.15, 0.2) is 48.9 Å². The minimum Gasteiger partial charge on any atom is -0.382 e. The predicted octanol–water partition coefficient (Wildman–Crippen LogP) is 0.702. The molecule has 0 fully saturated rings. The maximum absolute atomic E-state index is 13.3. The molecule has 0 atom stereocenters. The Labute approximate surface area is 147 Å². The number of nitrogens with two attached hydrogens (primary N) is 1. The van der Waals surface area contributed by atoms with Crippen LogP contribution in [0.4, 0.5) is 10.2 Å². The number of aromatic nitrogens is 5. The molecule has 0 saturated heterocycles. The first-order valence-corrected chi connectivity index (χ1v) is 7.53. The van der Waals surface area contributed by atoms with Gasteiger partial charge in [-0.1, -0.05) is 0 Å². The Morgan fingerprint density at radius 1 is 1.08 bits per heavy atom. The highest BCUT2D eigenvalue weighted by Crippen LogP contribution is 2.34. The zero-order valence-corrected chi connectivity index (χ0v) is 13.3. The van der Waals surface area contributed by atoms with Gasteiger partial charge in [0.2, 0.25) is 5.81 Å². The first-order chi connectivity index (χ1) is 12.3. The Morgan fingerprint density at radius 3 is 2.50 bits per heavy atom. The average molecular weight is 350 g/mol. The summed E-state index contributed by atoms with van der Waals surface area (Å²) in [5.41, 5.74) is 8.19. The summed E-state index contributed by atoms with van der Waals surface area (Å²) in [6, 6.07) is 7.29. The highest BCUT2D eigenvalue weighted by molar-refractivity contribution is 6.11. The number of halogens is 1. The molecule has 2 radical (unpaired) electrons. The van der Waals surface area contributed by atoms with Gasteiger partial charge in [-0.3, -0.25) is 0 Å². The molecule has 4 rings (SSSR count). The monoisotopic (exact) mass is 350 g/mol. The molecular formula is C16H12BFN6O2. The van der Waals surface area contributed by atoms with Gasteiger partial charge in [-0.2, -0.15) is 10.2 Å². The lowest BCUT2D eigenvalue weighted by molar-refractivity contribution is -0.160. The van der Waals surface area contributed by atoms with E-state index in [1.807, 2.05) is 0 Å². The smallest absolute Gasteiger partial charge is 0.208 e. The first-order valence-electron chi connectivity index (χ1n) is 7.53. The lowest BCUT2D eigenvalue weighted by atomic mass is 10.0. The summed E-state index contributed by atoms with van der Waals surface area (Å²) in [7, 11) is 5.33. The third-order valence-corrected chi connectivity index (χ3v) is 3.84. The number of hydrogen-bond donors (Lipinski definition) is 3. The van der Waals surface area contributed by atoms with Crippen molar-refractivity contribution >= 4 is 19.3 Å². The van der Waals surface area contributed by atoms with Crippen molar-refractivity contribution < 1.29 is 14.6 Å². The highest BCUT2D eigenvalue weighted by atomic mass is 19.1. The Bertz CT molecular complexity index is 1100. The fraction of sp³-hybridized carbons (Fsp3) is 0.0625. The van der Waals surface area contributed by atoms with E-state index in [1.54, 1.807) is 18.5 Å². The summed E-state index contributed by atoms with van der Waals surface area (Å²) in [5.74, 6) is -2.83.